The number of carbonyl (C=O) groups excluding carboxylic acids is 1. The van der Waals surface area contributed by atoms with Gasteiger partial charge in [0.2, 0.25) is 5.82 Å². The number of rotatable bonds is 1. The summed E-state index contributed by atoms with van der Waals surface area (Å²) in [5, 5.41) is 18.2. The van der Waals surface area contributed by atoms with Gasteiger partial charge in [0, 0.05) is 13.1 Å². The molecule has 1 fully saturated rings. The van der Waals surface area contributed by atoms with Crippen LogP contribution in [0.25, 0.3) is 0 Å². The number of halogens is 3. The zero-order chi connectivity index (χ0) is 13.4. The van der Waals surface area contributed by atoms with Crippen molar-refractivity contribution in [2.24, 2.45) is 0 Å². The molecule has 0 bridgehead atoms. The Morgan fingerprint density at radius 2 is 2.00 bits per heavy atom. The van der Waals surface area contributed by atoms with Gasteiger partial charge in [-0.15, -0.1) is 0 Å². The summed E-state index contributed by atoms with van der Waals surface area (Å²) in [4.78, 5) is 12.9. The first-order valence-corrected chi connectivity index (χ1v) is 5.25. The van der Waals surface area contributed by atoms with Gasteiger partial charge in [0.25, 0.3) is 5.91 Å². The van der Waals surface area contributed by atoms with Crippen LogP contribution in [-0.4, -0.2) is 40.2 Å². The molecular weight excluding hydrogens is 251 g/mol. The van der Waals surface area contributed by atoms with Gasteiger partial charge in [-0.3, -0.25) is 4.79 Å². The van der Waals surface area contributed by atoms with Crippen molar-refractivity contribution >= 4 is 5.91 Å². The lowest BCUT2D eigenvalue weighted by Gasteiger charge is -2.16. The SMILES string of the molecule is O=C(c1cc(F)c(F)c(O)c1F)N1CCC(O)C1. The first-order chi connectivity index (χ1) is 8.41. The molecule has 1 aliphatic rings. The predicted molar refractivity (Wildman–Crippen MR) is 54.5 cm³/mol. The Labute approximate surface area is 100 Å². The van der Waals surface area contributed by atoms with Crippen LogP contribution >= 0.6 is 0 Å². The molecule has 0 radical (unpaired) electrons. The summed E-state index contributed by atoms with van der Waals surface area (Å²) in [6.07, 6.45) is -0.376. The van der Waals surface area contributed by atoms with E-state index in [1.165, 1.54) is 0 Å². The first-order valence-electron chi connectivity index (χ1n) is 5.25. The number of benzene rings is 1. The fourth-order valence-electron chi connectivity index (χ4n) is 1.84. The predicted octanol–water partition coefficient (Wildman–Crippen LogP) is 1.02. The van der Waals surface area contributed by atoms with E-state index >= 15 is 0 Å². The van der Waals surface area contributed by atoms with E-state index in [0.717, 1.165) is 4.90 Å². The molecule has 2 N–H and O–H groups in total. The lowest BCUT2D eigenvalue weighted by Crippen LogP contribution is -2.30. The van der Waals surface area contributed by atoms with Gasteiger partial charge in [-0.05, 0) is 12.5 Å². The molecule has 1 unspecified atom stereocenters. The van der Waals surface area contributed by atoms with E-state index in [1.54, 1.807) is 0 Å². The van der Waals surface area contributed by atoms with Crippen LogP contribution < -0.4 is 0 Å². The summed E-state index contributed by atoms with van der Waals surface area (Å²) in [6.45, 7) is 0.192. The first kappa shape index (κ1) is 12.7. The van der Waals surface area contributed by atoms with E-state index in [9.17, 15) is 23.1 Å². The number of carbonyl (C=O) groups is 1. The van der Waals surface area contributed by atoms with Crippen LogP contribution in [0.3, 0.4) is 0 Å². The summed E-state index contributed by atoms with van der Waals surface area (Å²) >= 11 is 0. The molecule has 4 nitrogen and oxygen atoms in total. The van der Waals surface area contributed by atoms with Crippen molar-refractivity contribution < 1.29 is 28.2 Å². The second-order valence-electron chi connectivity index (χ2n) is 4.08. The molecule has 1 heterocycles. The number of aromatic hydroxyl groups is 1. The van der Waals surface area contributed by atoms with Crippen molar-refractivity contribution in [3.8, 4) is 5.75 Å². The fraction of sp³-hybridized carbons (Fsp3) is 0.364. The van der Waals surface area contributed by atoms with E-state index in [1.807, 2.05) is 0 Å². The topological polar surface area (TPSA) is 60.8 Å². The minimum Gasteiger partial charge on any atom is -0.503 e. The molecular formula is C11H10F3NO3. The number of amides is 1. The van der Waals surface area contributed by atoms with Crippen LogP contribution in [0.5, 0.6) is 5.75 Å². The van der Waals surface area contributed by atoms with Crippen molar-refractivity contribution in [2.75, 3.05) is 13.1 Å². The molecule has 0 spiro atoms. The van der Waals surface area contributed by atoms with Crippen molar-refractivity contribution in [2.45, 2.75) is 12.5 Å². The Kier molecular flexibility index (Phi) is 3.16. The highest BCUT2D eigenvalue weighted by Crippen LogP contribution is 2.27. The van der Waals surface area contributed by atoms with E-state index in [0.29, 0.717) is 12.5 Å². The summed E-state index contributed by atoms with van der Waals surface area (Å²) in [5.41, 5.74) is -0.750. The van der Waals surface area contributed by atoms with Crippen molar-refractivity contribution in [3.05, 3.63) is 29.1 Å². The van der Waals surface area contributed by atoms with Gasteiger partial charge >= 0.3 is 0 Å². The number of β-amino-alcohol motifs (C(OH)–C–C–N with tert-alkyl or cyclic N) is 1. The largest absolute Gasteiger partial charge is 0.503 e. The minimum atomic E-state index is -1.73. The third-order valence-corrected chi connectivity index (χ3v) is 2.81. The lowest BCUT2D eigenvalue weighted by molar-refractivity contribution is 0.0758. The van der Waals surface area contributed by atoms with E-state index in [2.05, 4.69) is 0 Å². The van der Waals surface area contributed by atoms with Crippen LogP contribution in [0.15, 0.2) is 6.07 Å². The van der Waals surface area contributed by atoms with Crippen molar-refractivity contribution in [1.82, 2.24) is 4.90 Å². The molecule has 1 aliphatic heterocycles. The number of hydrogen-bond acceptors (Lipinski definition) is 3. The van der Waals surface area contributed by atoms with Crippen molar-refractivity contribution in [1.29, 1.82) is 0 Å². The molecule has 1 amide bonds. The van der Waals surface area contributed by atoms with Crippen LogP contribution in [-0.2, 0) is 0 Å². The number of phenols is 1. The maximum absolute atomic E-state index is 13.5. The number of likely N-dealkylation sites (tertiary alicyclic amines) is 1. The number of hydrogen-bond donors (Lipinski definition) is 2. The molecule has 0 aromatic heterocycles. The van der Waals surface area contributed by atoms with Gasteiger partial charge < -0.3 is 15.1 Å². The second-order valence-corrected chi connectivity index (χ2v) is 4.08. The molecule has 1 aromatic carbocycles. The Morgan fingerprint density at radius 3 is 2.56 bits per heavy atom. The van der Waals surface area contributed by atoms with Gasteiger partial charge in [0.15, 0.2) is 17.4 Å². The Balaban J connectivity index is 2.37. The highest BCUT2D eigenvalue weighted by molar-refractivity contribution is 5.95. The molecule has 18 heavy (non-hydrogen) atoms. The monoisotopic (exact) mass is 261 g/mol. The molecule has 1 saturated heterocycles. The van der Waals surface area contributed by atoms with E-state index < -0.39 is 40.8 Å². The van der Waals surface area contributed by atoms with Crippen LogP contribution in [0.1, 0.15) is 16.8 Å². The molecule has 1 atom stereocenters. The molecule has 0 aliphatic carbocycles. The standard InChI is InChI=1S/C11H10F3NO3/c12-7-3-6(8(13)10(17)9(7)14)11(18)15-2-1-5(16)4-15/h3,5,16-17H,1-2,4H2. The molecule has 2 rings (SSSR count). The van der Waals surface area contributed by atoms with Gasteiger partial charge in [0.1, 0.15) is 0 Å². The second kappa shape index (κ2) is 4.49. The van der Waals surface area contributed by atoms with E-state index in [4.69, 9.17) is 5.11 Å². The van der Waals surface area contributed by atoms with Gasteiger partial charge in [-0.25, -0.2) is 8.78 Å². The summed E-state index contributed by atoms with van der Waals surface area (Å²) in [6, 6.07) is 0.400. The fourth-order valence-corrected chi connectivity index (χ4v) is 1.84. The maximum Gasteiger partial charge on any atom is 0.257 e. The quantitative estimate of drug-likeness (QED) is 0.742. The van der Waals surface area contributed by atoms with Gasteiger partial charge in [0.05, 0.1) is 11.7 Å². The van der Waals surface area contributed by atoms with Gasteiger partial charge in [-0.1, -0.05) is 0 Å². The highest BCUT2D eigenvalue weighted by Gasteiger charge is 2.30. The third kappa shape index (κ3) is 2.01. The molecule has 98 valence electrons. The summed E-state index contributed by atoms with van der Waals surface area (Å²) in [5.74, 6) is -7.14. The number of aliphatic hydroxyl groups excluding tert-OH is 1. The normalized spacial score (nSPS) is 19.3. The minimum absolute atomic E-state index is 0.00195. The number of nitrogens with zero attached hydrogens (tertiary/aromatic N) is 1. The average molecular weight is 261 g/mol. The third-order valence-electron chi connectivity index (χ3n) is 2.81. The van der Waals surface area contributed by atoms with Crippen LogP contribution in [0.4, 0.5) is 13.2 Å². The molecule has 1 aromatic rings. The number of aliphatic hydroxyl groups is 1. The van der Waals surface area contributed by atoms with Crippen LogP contribution in [0.2, 0.25) is 0 Å². The average Bonchev–Trinajstić information content (AvgIpc) is 2.77. The Morgan fingerprint density at radius 1 is 1.33 bits per heavy atom. The summed E-state index contributed by atoms with van der Waals surface area (Å²) in [7, 11) is 0. The maximum atomic E-state index is 13.5. The van der Waals surface area contributed by atoms with E-state index in [-0.39, 0.29) is 13.1 Å². The zero-order valence-corrected chi connectivity index (χ0v) is 9.16. The molecule has 7 heteroatoms. The Bertz CT molecular complexity index is 507. The Hall–Kier alpha value is -1.76. The summed E-state index contributed by atoms with van der Waals surface area (Å²) < 4.78 is 39.3. The van der Waals surface area contributed by atoms with Gasteiger partial charge in [-0.2, -0.15) is 4.39 Å². The smallest absolute Gasteiger partial charge is 0.257 e. The highest BCUT2D eigenvalue weighted by atomic mass is 19.2. The number of phenolic OH excluding ortho intramolecular Hbond substituents is 1. The lowest BCUT2D eigenvalue weighted by atomic mass is 10.1. The zero-order valence-electron chi connectivity index (χ0n) is 9.16. The van der Waals surface area contributed by atoms with Crippen LogP contribution in [0, 0.1) is 17.5 Å². The van der Waals surface area contributed by atoms with Crippen molar-refractivity contribution in [3.63, 3.8) is 0 Å². The molecule has 0 saturated carbocycles.